The molecule has 0 amide bonds. The van der Waals surface area contributed by atoms with Crippen molar-refractivity contribution in [1.82, 2.24) is 4.90 Å². The maximum atomic E-state index is 10.8. The molecule has 4 nitrogen and oxygen atoms in total. The van der Waals surface area contributed by atoms with Crippen molar-refractivity contribution in [2.75, 3.05) is 13.1 Å². The van der Waals surface area contributed by atoms with Crippen LogP contribution in [-0.2, 0) is 6.54 Å². The summed E-state index contributed by atoms with van der Waals surface area (Å²) < 4.78 is 0. The van der Waals surface area contributed by atoms with Crippen LogP contribution in [0.5, 0.6) is 5.75 Å². The molecule has 1 aromatic rings. The van der Waals surface area contributed by atoms with Gasteiger partial charge in [0.15, 0.2) is 0 Å². The number of aromatic hydroxyl groups is 1. The molecule has 2 N–H and O–H groups in total. The van der Waals surface area contributed by atoms with Crippen LogP contribution in [0, 0.1) is 0 Å². The van der Waals surface area contributed by atoms with Crippen molar-refractivity contribution >= 4 is 5.97 Å². The Bertz CT molecular complexity index is 373. The summed E-state index contributed by atoms with van der Waals surface area (Å²) in [5.41, 5.74) is 0.864. The SMILES string of the molecule is CCN(CC)Cc1cc(C(=O)O)ccc1O. The Kier molecular flexibility index (Phi) is 4.31. The van der Waals surface area contributed by atoms with E-state index in [-0.39, 0.29) is 11.3 Å². The molecule has 0 radical (unpaired) electrons. The van der Waals surface area contributed by atoms with Gasteiger partial charge in [-0.1, -0.05) is 13.8 Å². The molecular weight excluding hydrogens is 206 g/mol. The van der Waals surface area contributed by atoms with Gasteiger partial charge in [0, 0.05) is 12.1 Å². The quantitative estimate of drug-likeness (QED) is 0.800. The predicted octanol–water partition coefficient (Wildman–Crippen LogP) is 1.93. The molecule has 0 aliphatic rings. The number of carboxylic acids is 1. The van der Waals surface area contributed by atoms with Crippen molar-refractivity contribution in [2.45, 2.75) is 20.4 Å². The van der Waals surface area contributed by atoms with Gasteiger partial charge in [-0.25, -0.2) is 4.79 Å². The molecule has 0 fully saturated rings. The first-order chi connectivity index (χ1) is 7.58. The molecule has 0 aliphatic heterocycles. The van der Waals surface area contributed by atoms with E-state index in [4.69, 9.17) is 5.11 Å². The summed E-state index contributed by atoms with van der Waals surface area (Å²) >= 11 is 0. The summed E-state index contributed by atoms with van der Waals surface area (Å²) in [7, 11) is 0. The molecule has 0 saturated heterocycles. The molecule has 0 saturated carbocycles. The zero-order chi connectivity index (χ0) is 12.1. The van der Waals surface area contributed by atoms with E-state index in [1.165, 1.54) is 18.2 Å². The molecule has 1 rings (SSSR count). The second kappa shape index (κ2) is 5.51. The van der Waals surface area contributed by atoms with Crippen LogP contribution >= 0.6 is 0 Å². The first-order valence-electron chi connectivity index (χ1n) is 5.36. The van der Waals surface area contributed by atoms with E-state index in [1.807, 2.05) is 13.8 Å². The van der Waals surface area contributed by atoms with E-state index in [2.05, 4.69) is 4.90 Å². The number of phenolic OH excluding ortho intramolecular Hbond substituents is 1. The summed E-state index contributed by atoms with van der Waals surface area (Å²) in [5.74, 6) is -0.822. The first kappa shape index (κ1) is 12.5. The number of carbonyl (C=O) groups is 1. The van der Waals surface area contributed by atoms with Gasteiger partial charge in [-0.05, 0) is 31.3 Å². The van der Waals surface area contributed by atoms with Crippen LogP contribution in [0.4, 0.5) is 0 Å². The highest BCUT2D eigenvalue weighted by atomic mass is 16.4. The second-order valence-electron chi connectivity index (χ2n) is 3.61. The fourth-order valence-electron chi connectivity index (χ4n) is 1.53. The predicted molar refractivity (Wildman–Crippen MR) is 61.7 cm³/mol. The topological polar surface area (TPSA) is 60.8 Å². The molecule has 0 aromatic heterocycles. The molecule has 88 valence electrons. The monoisotopic (exact) mass is 223 g/mol. The molecule has 0 spiro atoms. The average molecular weight is 223 g/mol. The minimum absolute atomic E-state index is 0.150. The summed E-state index contributed by atoms with van der Waals surface area (Å²) in [5, 5.41) is 18.5. The van der Waals surface area contributed by atoms with Crippen LogP contribution in [0.25, 0.3) is 0 Å². The number of phenols is 1. The van der Waals surface area contributed by atoms with Crippen LogP contribution in [-0.4, -0.2) is 34.2 Å². The van der Waals surface area contributed by atoms with Gasteiger partial charge in [-0.15, -0.1) is 0 Å². The van der Waals surface area contributed by atoms with Gasteiger partial charge in [0.2, 0.25) is 0 Å². The van der Waals surface area contributed by atoms with E-state index < -0.39 is 5.97 Å². The Morgan fingerprint density at radius 3 is 2.44 bits per heavy atom. The number of carboxylic acid groups (broad SMARTS) is 1. The minimum Gasteiger partial charge on any atom is -0.508 e. The number of aromatic carboxylic acids is 1. The van der Waals surface area contributed by atoms with E-state index in [1.54, 1.807) is 0 Å². The smallest absolute Gasteiger partial charge is 0.335 e. The van der Waals surface area contributed by atoms with Gasteiger partial charge in [-0.2, -0.15) is 0 Å². The minimum atomic E-state index is -0.971. The maximum absolute atomic E-state index is 10.8. The van der Waals surface area contributed by atoms with Gasteiger partial charge in [0.25, 0.3) is 0 Å². The lowest BCUT2D eigenvalue weighted by Crippen LogP contribution is -2.22. The lowest BCUT2D eigenvalue weighted by Gasteiger charge is -2.18. The molecule has 0 atom stereocenters. The van der Waals surface area contributed by atoms with Crippen LogP contribution in [0.2, 0.25) is 0 Å². The first-order valence-corrected chi connectivity index (χ1v) is 5.36. The molecule has 1 aromatic carbocycles. The Labute approximate surface area is 95.1 Å². The second-order valence-corrected chi connectivity index (χ2v) is 3.61. The number of benzene rings is 1. The fraction of sp³-hybridized carbons (Fsp3) is 0.417. The zero-order valence-corrected chi connectivity index (χ0v) is 9.60. The summed E-state index contributed by atoms with van der Waals surface area (Å²) in [6, 6.07) is 4.36. The highest BCUT2D eigenvalue weighted by molar-refractivity contribution is 5.88. The largest absolute Gasteiger partial charge is 0.508 e. The molecule has 0 heterocycles. The fourth-order valence-corrected chi connectivity index (χ4v) is 1.53. The average Bonchev–Trinajstić information content (AvgIpc) is 2.27. The van der Waals surface area contributed by atoms with Crippen molar-refractivity contribution in [3.63, 3.8) is 0 Å². The Morgan fingerprint density at radius 1 is 1.31 bits per heavy atom. The summed E-state index contributed by atoms with van der Waals surface area (Å²) in [6.45, 7) is 6.36. The van der Waals surface area contributed by atoms with E-state index in [9.17, 15) is 9.90 Å². The Balaban J connectivity index is 2.93. The number of nitrogens with zero attached hydrogens (tertiary/aromatic N) is 1. The zero-order valence-electron chi connectivity index (χ0n) is 9.60. The third kappa shape index (κ3) is 2.97. The van der Waals surface area contributed by atoms with Crippen LogP contribution in [0.3, 0.4) is 0 Å². The highest BCUT2D eigenvalue weighted by Gasteiger charge is 2.10. The standard InChI is InChI=1S/C12H17NO3/c1-3-13(4-2)8-10-7-9(12(15)16)5-6-11(10)14/h5-7,14H,3-4,8H2,1-2H3,(H,15,16). The van der Waals surface area contributed by atoms with E-state index in [0.717, 1.165) is 13.1 Å². The molecular formula is C12H17NO3. The van der Waals surface area contributed by atoms with Gasteiger partial charge in [-0.3, -0.25) is 4.90 Å². The lowest BCUT2D eigenvalue weighted by molar-refractivity contribution is 0.0696. The molecule has 0 unspecified atom stereocenters. The van der Waals surface area contributed by atoms with Crippen molar-refractivity contribution in [2.24, 2.45) is 0 Å². The van der Waals surface area contributed by atoms with Crippen molar-refractivity contribution in [1.29, 1.82) is 0 Å². The normalized spacial score (nSPS) is 10.7. The molecule has 4 heteroatoms. The third-order valence-corrected chi connectivity index (χ3v) is 2.61. The van der Waals surface area contributed by atoms with Crippen LogP contribution in [0.15, 0.2) is 18.2 Å². The summed E-state index contributed by atoms with van der Waals surface area (Å²) in [4.78, 5) is 12.9. The van der Waals surface area contributed by atoms with Gasteiger partial charge < -0.3 is 10.2 Å². The van der Waals surface area contributed by atoms with Gasteiger partial charge >= 0.3 is 5.97 Å². The maximum Gasteiger partial charge on any atom is 0.335 e. The molecule has 0 aliphatic carbocycles. The van der Waals surface area contributed by atoms with Crippen LogP contribution < -0.4 is 0 Å². The number of hydrogen-bond acceptors (Lipinski definition) is 3. The molecule has 16 heavy (non-hydrogen) atoms. The highest BCUT2D eigenvalue weighted by Crippen LogP contribution is 2.20. The summed E-state index contributed by atoms with van der Waals surface area (Å²) in [6.07, 6.45) is 0. The van der Waals surface area contributed by atoms with Crippen molar-refractivity contribution in [3.05, 3.63) is 29.3 Å². The lowest BCUT2D eigenvalue weighted by atomic mass is 10.1. The Morgan fingerprint density at radius 2 is 1.94 bits per heavy atom. The van der Waals surface area contributed by atoms with Crippen LogP contribution in [0.1, 0.15) is 29.8 Å². The van der Waals surface area contributed by atoms with Crippen molar-refractivity contribution in [3.8, 4) is 5.75 Å². The van der Waals surface area contributed by atoms with E-state index in [0.29, 0.717) is 12.1 Å². The van der Waals surface area contributed by atoms with Gasteiger partial charge in [0.05, 0.1) is 5.56 Å². The van der Waals surface area contributed by atoms with E-state index >= 15 is 0 Å². The molecule has 0 bridgehead atoms. The van der Waals surface area contributed by atoms with Crippen molar-refractivity contribution < 1.29 is 15.0 Å². The number of hydrogen-bond donors (Lipinski definition) is 2. The third-order valence-electron chi connectivity index (χ3n) is 2.61. The number of rotatable bonds is 5. The van der Waals surface area contributed by atoms with Gasteiger partial charge in [0.1, 0.15) is 5.75 Å². The Hall–Kier alpha value is -1.55.